The van der Waals surface area contributed by atoms with Crippen LogP contribution in [0, 0.1) is 12.8 Å². The van der Waals surface area contributed by atoms with Gasteiger partial charge >= 0.3 is 5.97 Å². The second-order valence-corrected chi connectivity index (χ2v) is 6.19. The topological polar surface area (TPSA) is 38.3 Å². The number of rotatable bonds is 5. The van der Waals surface area contributed by atoms with E-state index in [0.717, 1.165) is 17.2 Å². The molecule has 116 valence electrons. The normalized spacial score (nSPS) is 21.9. The first-order valence-electron chi connectivity index (χ1n) is 8.09. The van der Waals surface area contributed by atoms with Gasteiger partial charge in [0.2, 0.25) is 0 Å². The maximum Gasteiger partial charge on any atom is 0.339 e. The van der Waals surface area contributed by atoms with Crippen LogP contribution in [0.15, 0.2) is 18.2 Å². The van der Waals surface area contributed by atoms with Gasteiger partial charge in [0.15, 0.2) is 0 Å². The quantitative estimate of drug-likeness (QED) is 0.808. The van der Waals surface area contributed by atoms with E-state index in [-0.39, 0.29) is 5.97 Å². The molecule has 0 spiro atoms. The zero-order chi connectivity index (χ0) is 15.2. The summed E-state index contributed by atoms with van der Waals surface area (Å²) in [5, 5.41) is 3.55. The molecule has 2 rings (SSSR count). The molecule has 0 aliphatic heterocycles. The van der Waals surface area contributed by atoms with Crippen molar-refractivity contribution in [3.63, 3.8) is 0 Å². The van der Waals surface area contributed by atoms with Crippen LogP contribution in [0.25, 0.3) is 0 Å². The van der Waals surface area contributed by atoms with Crippen LogP contribution in [0.3, 0.4) is 0 Å². The Labute approximate surface area is 128 Å². The number of aryl methyl sites for hydroxylation is 1. The van der Waals surface area contributed by atoms with E-state index in [1.54, 1.807) is 0 Å². The van der Waals surface area contributed by atoms with Gasteiger partial charge in [0.05, 0.1) is 12.7 Å². The van der Waals surface area contributed by atoms with Crippen molar-refractivity contribution >= 4 is 11.7 Å². The third-order valence-corrected chi connectivity index (χ3v) is 4.48. The van der Waals surface area contributed by atoms with E-state index < -0.39 is 0 Å². The average molecular weight is 289 g/mol. The monoisotopic (exact) mass is 289 g/mol. The van der Waals surface area contributed by atoms with Crippen LogP contribution < -0.4 is 5.32 Å². The number of anilines is 1. The Morgan fingerprint density at radius 3 is 2.62 bits per heavy atom. The lowest BCUT2D eigenvalue weighted by atomic mass is 9.83. The van der Waals surface area contributed by atoms with Crippen molar-refractivity contribution in [1.82, 2.24) is 0 Å². The maximum atomic E-state index is 11.9. The van der Waals surface area contributed by atoms with E-state index in [4.69, 9.17) is 4.74 Å². The molecular formula is C18H27NO2. The first-order chi connectivity index (χ1) is 10.1. The lowest BCUT2D eigenvalue weighted by molar-refractivity contribution is 0.0601. The number of hydrogen-bond acceptors (Lipinski definition) is 3. The Hall–Kier alpha value is -1.51. The van der Waals surface area contributed by atoms with Crippen LogP contribution in [0.5, 0.6) is 0 Å². The predicted molar refractivity (Wildman–Crippen MR) is 86.8 cm³/mol. The maximum absolute atomic E-state index is 11.9. The second-order valence-electron chi connectivity index (χ2n) is 6.19. The fraction of sp³-hybridized carbons (Fsp3) is 0.611. The molecule has 1 aliphatic carbocycles. The predicted octanol–water partition coefficient (Wildman–Crippen LogP) is 4.55. The summed E-state index contributed by atoms with van der Waals surface area (Å²) in [5.41, 5.74) is 2.63. The van der Waals surface area contributed by atoms with Crippen LogP contribution >= 0.6 is 0 Å². The van der Waals surface area contributed by atoms with E-state index in [9.17, 15) is 4.79 Å². The van der Waals surface area contributed by atoms with Crippen molar-refractivity contribution < 1.29 is 9.53 Å². The molecule has 1 N–H and O–H groups in total. The van der Waals surface area contributed by atoms with Gasteiger partial charge in [-0.2, -0.15) is 0 Å². The number of nitrogens with one attached hydrogen (secondary N) is 1. The molecule has 0 heterocycles. The smallest absolute Gasteiger partial charge is 0.339 e. The summed E-state index contributed by atoms with van der Waals surface area (Å²) < 4.78 is 4.89. The molecule has 21 heavy (non-hydrogen) atoms. The highest BCUT2D eigenvalue weighted by atomic mass is 16.5. The number of ether oxygens (including phenoxy) is 1. The molecule has 0 atom stereocenters. The van der Waals surface area contributed by atoms with Crippen molar-refractivity contribution in [2.75, 3.05) is 12.4 Å². The minimum atomic E-state index is -0.263. The molecule has 0 saturated heterocycles. The molecule has 0 bridgehead atoms. The van der Waals surface area contributed by atoms with E-state index in [0.29, 0.717) is 11.6 Å². The lowest BCUT2D eigenvalue weighted by Gasteiger charge is -2.30. The first-order valence-corrected chi connectivity index (χ1v) is 8.09. The molecular weight excluding hydrogens is 262 g/mol. The van der Waals surface area contributed by atoms with Gasteiger partial charge in [-0.05, 0) is 50.7 Å². The summed E-state index contributed by atoms with van der Waals surface area (Å²) in [7, 11) is 1.43. The molecule has 3 heteroatoms. The third-order valence-electron chi connectivity index (χ3n) is 4.48. The fourth-order valence-corrected chi connectivity index (χ4v) is 3.29. The van der Waals surface area contributed by atoms with E-state index >= 15 is 0 Å². The highest BCUT2D eigenvalue weighted by molar-refractivity contribution is 5.95. The van der Waals surface area contributed by atoms with Gasteiger partial charge < -0.3 is 10.1 Å². The van der Waals surface area contributed by atoms with Crippen LogP contribution in [-0.2, 0) is 4.74 Å². The molecule has 3 nitrogen and oxygen atoms in total. The number of esters is 1. The van der Waals surface area contributed by atoms with Crippen molar-refractivity contribution in [1.29, 1.82) is 0 Å². The molecule has 0 unspecified atom stereocenters. The van der Waals surface area contributed by atoms with Crippen LogP contribution in [0.4, 0.5) is 5.69 Å². The zero-order valence-electron chi connectivity index (χ0n) is 13.4. The lowest BCUT2D eigenvalue weighted by Crippen LogP contribution is -2.27. The Kier molecular flexibility index (Phi) is 5.66. The number of hydrogen-bond donors (Lipinski definition) is 1. The average Bonchev–Trinajstić information content (AvgIpc) is 2.50. The van der Waals surface area contributed by atoms with Crippen molar-refractivity contribution in [3.8, 4) is 0 Å². The third kappa shape index (κ3) is 4.23. The minimum absolute atomic E-state index is 0.263. The number of carbonyl (C=O) groups excluding carboxylic acids is 1. The Bertz CT molecular complexity index is 476. The van der Waals surface area contributed by atoms with Gasteiger partial charge in [-0.3, -0.25) is 0 Å². The highest BCUT2D eigenvalue weighted by Gasteiger charge is 2.22. The van der Waals surface area contributed by atoms with Crippen LogP contribution in [0.2, 0.25) is 0 Å². The summed E-state index contributed by atoms with van der Waals surface area (Å²) in [5.74, 6) is 0.631. The summed E-state index contributed by atoms with van der Waals surface area (Å²) in [6, 6.07) is 6.41. The minimum Gasteiger partial charge on any atom is -0.465 e. The standard InChI is InChI=1S/C18H27NO2/c1-4-5-14-7-9-15(10-8-14)19-17-11-6-13(2)12-16(17)18(20)21-3/h6,11-12,14-15,19H,4-5,7-10H2,1-3H3. The molecule has 1 fully saturated rings. The molecule has 0 amide bonds. The van der Waals surface area contributed by atoms with Crippen LogP contribution in [-0.4, -0.2) is 19.1 Å². The molecule has 0 radical (unpaired) electrons. The number of methoxy groups -OCH3 is 1. The van der Waals surface area contributed by atoms with Gasteiger partial charge in [0.25, 0.3) is 0 Å². The fourth-order valence-electron chi connectivity index (χ4n) is 3.29. The summed E-state index contributed by atoms with van der Waals surface area (Å²) in [6.45, 7) is 4.26. The zero-order valence-corrected chi connectivity index (χ0v) is 13.4. The first kappa shape index (κ1) is 15.9. The van der Waals surface area contributed by atoms with E-state index in [1.165, 1.54) is 45.6 Å². The highest BCUT2D eigenvalue weighted by Crippen LogP contribution is 2.30. The van der Waals surface area contributed by atoms with Gasteiger partial charge in [-0.1, -0.05) is 31.4 Å². The van der Waals surface area contributed by atoms with Gasteiger partial charge in [0, 0.05) is 11.7 Å². The van der Waals surface area contributed by atoms with Gasteiger partial charge in [0.1, 0.15) is 0 Å². The summed E-state index contributed by atoms with van der Waals surface area (Å²) in [6.07, 6.45) is 7.62. The summed E-state index contributed by atoms with van der Waals surface area (Å²) >= 11 is 0. The Balaban J connectivity index is 2.02. The Morgan fingerprint density at radius 2 is 2.00 bits per heavy atom. The van der Waals surface area contributed by atoms with Crippen molar-refractivity contribution in [3.05, 3.63) is 29.3 Å². The molecule has 1 aliphatic rings. The number of benzene rings is 1. The largest absolute Gasteiger partial charge is 0.465 e. The van der Waals surface area contributed by atoms with Crippen molar-refractivity contribution in [2.24, 2.45) is 5.92 Å². The van der Waals surface area contributed by atoms with E-state index in [2.05, 4.69) is 12.2 Å². The molecule has 1 aromatic rings. The molecule has 0 aromatic heterocycles. The molecule has 1 saturated carbocycles. The second kappa shape index (κ2) is 7.48. The molecule has 1 aromatic carbocycles. The number of carbonyl (C=O) groups is 1. The van der Waals surface area contributed by atoms with E-state index in [1.807, 2.05) is 25.1 Å². The van der Waals surface area contributed by atoms with Gasteiger partial charge in [-0.25, -0.2) is 4.79 Å². The summed E-state index contributed by atoms with van der Waals surface area (Å²) in [4.78, 5) is 11.9. The van der Waals surface area contributed by atoms with Crippen LogP contribution in [0.1, 0.15) is 61.4 Å². The van der Waals surface area contributed by atoms with Crippen molar-refractivity contribution in [2.45, 2.75) is 58.4 Å². The Morgan fingerprint density at radius 1 is 1.29 bits per heavy atom. The SMILES string of the molecule is CCCC1CCC(Nc2ccc(C)cc2C(=O)OC)CC1. The van der Waals surface area contributed by atoms with Gasteiger partial charge in [-0.15, -0.1) is 0 Å².